The summed E-state index contributed by atoms with van der Waals surface area (Å²) in [4.78, 5) is 4.16. The summed E-state index contributed by atoms with van der Waals surface area (Å²) in [5.41, 5.74) is 5.34. The van der Waals surface area contributed by atoms with E-state index >= 15 is 0 Å². The molecule has 0 aliphatic heterocycles. The molecule has 0 bridgehead atoms. The smallest absolute Gasteiger partial charge is 0.152 e. The van der Waals surface area contributed by atoms with Gasteiger partial charge >= 0.3 is 0 Å². The number of aromatic nitrogens is 2. The van der Waals surface area contributed by atoms with E-state index in [1.54, 1.807) is 0 Å². The van der Waals surface area contributed by atoms with E-state index in [1.807, 2.05) is 18.5 Å². The lowest BCUT2D eigenvalue weighted by Crippen LogP contribution is -1.98. The Bertz CT molecular complexity index is 818. The monoisotopic (exact) mass is 295 g/mol. The first-order valence-corrected chi connectivity index (χ1v) is 8.07. The van der Waals surface area contributed by atoms with Crippen molar-refractivity contribution in [3.63, 3.8) is 0 Å². The summed E-state index contributed by atoms with van der Waals surface area (Å²) < 4.78 is 5.68. The van der Waals surface area contributed by atoms with Gasteiger partial charge in [-0.3, -0.25) is 4.98 Å². The molecule has 3 aromatic rings. The second-order valence-corrected chi connectivity index (χ2v) is 6.63. The Morgan fingerprint density at radius 2 is 2.00 bits per heavy atom. The van der Waals surface area contributed by atoms with Crippen molar-refractivity contribution in [2.45, 2.75) is 32.6 Å². The molecule has 0 saturated heterocycles. The van der Waals surface area contributed by atoms with Gasteiger partial charge in [0.15, 0.2) is 5.82 Å². The van der Waals surface area contributed by atoms with Crippen molar-refractivity contribution >= 4 is 33.1 Å². The third kappa shape index (κ3) is 2.29. The molecule has 0 unspecified atom stereocenters. The molecule has 0 amide bonds. The minimum atomic E-state index is 0.721. The van der Waals surface area contributed by atoms with Crippen molar-refractivity contribution in [1.82, 2.24) is 9.36 Å². The average molecular weight is 295 g/mol. The predicted molar refractivity (Wildman–Crippen MR) is 88.6 cm³/mol. The van der Waals surface area contributed by atoms with Gasteiger partial charge in [-0.25, -0.2) is 0 Å². The molecule has 4 heteroatoms. The Labute approximate surface area is 128 Å². The quantitative estimate of drug-likeness (QED) is 0.744. The molecule has 3 nitrogen and oxygen atoms in total. The average Bonchev–Trinajstić information content (AvgIpc) is 3.25. The molecule has 1 fully saturated rings. The Kier molecular flexibility index (Phi) is 2.93. The van der Waals surface area contributed by atoms with Crippen molar-refractivity contribution in [3.05, 3.63) is 47.3 Å². The number of hydrogen-bond donors (Lipinski definition) is 1. The molecule has 2 aromatic heterocycles. The predicted octanol–water partition coefficient (Wildman–Crippen LogP) is 4.93. The van der Waals surface area contributed by atoms with Crippen LogP contribution in [0, 0.1) is 13.8 Å². The van der Waals surface area contributed by atoms with E-state index < -0.39 is 0 Å². The molecular weight excluding hydrogens is 278 g/mol. The van der Waals surface area contributed by atoms with Crippen LogP contribution in [0.3, 0.4) is 0 Å². The number of nitrogens with one attached hydrogen (secondary N) is 1. The fourth-order valence-corrected chi connectivity index (χ4v) is 3.39. The Hall–Kier alpha value is -1.94. The molecule has 1 aliphatic carbocycles. The first kappa shape index (κ1) is 12.8. The van der Waals surface area contributed by atoms with Crippen LogP contribution in [0.15, 0.2) is 30.6 Å². The minimum absolute atomic E-state index is 0.721. The molecule has 1 N–H and O–H groups in total. The minimum Gasteiger partial charge on any atom is -0.339 e. The largest absolute Gasteiger partial charge is 0.339 e. The van der Waals surface area contributed by atoms with Gasteiger partial charge in [-0.1, -0.05) is 6.07 Å². The zero-order valence-corrected chi connectivity index (χ0v) is 13.0. The van der Waals surface area contributed by atoms with E-state index in [9.17, 15) is 0 Å². The van der Waals surface area contributed by atoms with Crippen LogP contribution in [-0.2, 0) is 0 Å². The van der Waals surface area contributed by atoms with Crippen molar-refractivity contribution in [2.24, 2.45) is 0 Å². The highest BCUT2D eigenvalue weighted by Gasteiger charge is 2.27. The van der Waals surface area contributed by atoms with Crippen molar-refractivity contribution in [2.75, 3.05) is 5.32 Å². The summed E-state index contributed by atoms with van der Waals surface area (Å²) >= 11 is 1.50. The molecule has 106 valence electrons. The molecule has 0 atom stereocenters. The lowest BCUT2D eigenvalue weighted by Gasteiger charge is -2.13. The van der Waals surface area contributed by atoms with Gasteiger partial charge in [-0.2, -0.15) is 4.37 Å². The molecule has 1 aromatic carbocycles. The summed E-state index contributed by atoms with van der Waals surface area (Å²) in [6, 6.07) is 6.62. The standard InChI is InChI=1S/C17H17N3S/c1-10-7-14(12-3-4-12)15(8-11(10)2)19-17-13-5-6-18-9-16(13)21-20-17/h5-9,12H,3-4H2,1-2H3,(H,19,20). The number of rotatable bonds is 3. The van der Waals surface area contributed by atoms with Crippen molar-refractivity contribution in [3.8, 4) is 0 Å². The zero-order valence-electron chi connectivity index (χ0n) is 12.2. The highest BCUT2D eigenvalue weighted by molar-refractivity contribution is 7.13. The van der Waals surface area contributed by atoms with Crippen LogP contribution >= 0.6 is 11.5 Å². The first-order valence-electron chi connectivity index (χ1n) is 7.30. The maximum Gasteiger partial charge on any atom is 0.152 e. The topological polar surface area (TPSA) is 37.8 Å². The lowest BCUT2D eigenvalue weighted by molar-refractivity contribution is 1.11. The zero-order chi connectivity index (χ0) is 14.4. The van der Waals surface area contributed by atoms with Gasteiger partial charge in [0.05, 0.1) is 4.70 Å². The molecule has 2 heterocycles. The Morgan fingerprint density at radius 1 is 1.19 bits per heavy atom. The van der Waals surface area contributed by atoms with Gasteiger partial charge in [0.2, 0.25) is 0 Å². The van der Waals surface area contributed by atoms with Crippen LogP contribution < -0.4 is 5.32 Å². The highest BCUT2D eigenvalue weighted by Crippen LogP contribution is 2.45. The summed E-state index contributed by atoms with van der Waals surface area (Å²) in [5.74, 6) is 1.67. The van der Waals surface area contributed by atoms with Crippen LogP contribution in [0.5, 0.6) is 0 Å². The summed E-state index contributed by atoms with van der Waals surface area (Å²) in [7, 11) is 0. The van der Waals surface area contributed by atoms with E-state index in [1.165, 1.54) is 46.8 Å². The third-order valence-electron chi connectivity index (χ3n) is 4.21. The lowest BCUT2D eigenvalue weighted by atomic mass is 10.0. The molecule has 1 saturated carbocycles. The van der Waals surface area contributed by atoms with E-state index in [0.717, 1.165) is 21.8 Å². The second kappa shape index (κ2) is 4.81. The maximum absolute atomic E-state index is 4.55. The number of pyridine rings is 1. The molecular formula is C17H17N3S. The summed E-state index contributed by atoms with van der Waals surface area (Å²) in [5, 5.41) is 4.70. The number of anilines is 2. The van der Waals surface area contributed by atoms with Crippen LogP contribution in [0.4, 0.5) is 11.5 Å². The third-order valence-corrected chi connectivity index (χ3v) is 5.01. The van der Waals surface area contributed by atoms with E-state index in [4.69, 9.17) is 0 Å². The number of aryl methyl sites for hydroxylation is 2. The van der Waals surface area contributed by atoms with E-state index in [-0.39, 0.29) is 0 Å². The second-order valence-electron chi connectivity index (χ2n) is 5.83. The van der Waals surface area contributed by atoms with Crippen molar-refractivity contribution < 1.29 is 0 Å². The van der Waals surface area contributed by atoms with Gasteiger partial charge < -0.3 is 5.32 Å². The summed E-state index contributed by atoms with van der Waals surface area (Å²) in [6.07, 6.45) is 6.31. The fraction of sp³-hybridized carbons (Fsp3) is 0.294. The van der Waals surface area contributed by atoms with Crippen LogP contribution in [0.1, 0.15) is 35.4 Å². The number of nitrogens with zero attached hydrogens (tertiary/aromatic N) is 2. The van der Waals surface area contributed by atoms with Gasteiger partial charge in [0.1, 0.15) is 0 Å². The number of benzene rings is 1. The Morgan fingerprint density at radius 3 is 2.81 bits per heavy atom. The number of fused-ring (bicyclic) bond motifs is 1. The highest BCUT2D eigenvalue weighted by atomic mass is 32.1. The Balaban J connectivity index is 1.78. The molecule has 0 radical (unpaired) electrons. The SMILES string of the molecule is Cc1cc(Nc2nsc3cnccc23)c(C2CC2)cc1C. The molecule has 4 rings (SSSR count). The van der Waals surface area contributed by atoms with E-state index in [0.29, 0.717) is 0 Å². The fourth-order valence-electron chi connectivity index (χ4n) is 2.69. The molecule has 21 heavy (non-hydrogen) atoms. The maximum atomic E-state index is 4.55. The van der Waals surface area contributed by atoms with Gasteiger partial charge in [0.25, 0.3) is 0 Å². The molecule has 0 spiro atoms. The molecule has 1 aliphatic rings. The van der Waals surface area contributed by atoms with Gasteiger partial charge in [-0.05, 0) is 73.0 Å². The van der Waals surface area contributed by atoms with Crippen LogP contribution in [0.2, 0.25) is 0 Å². The van der Waals surface area contributed by atoms with Crippen molar-refractivity contribution in [1.29, 1.82) is 0 Å². The first-order chi connectivity index (χ1) is 10.2. The van der Waals surface area contributed by atoms with Gasteiger partial charge in [0, 0.05) is 23.5 Å². The van der Waals surface area contributed by atoms with Crippen LogP contribution in [0.25, 0.3) is 10.1 Å². The number of hydrogen-bond acceptors (Lipinski definition) is 4. The normalized spacial score (nSPS) is 14.6. The van der Waals surface area contributed by atoms with Gasteiger partial charge in [-0.15, -0.1) is 0 Å². The summed E-state index contributed by atoms with van der Waals surface area (Å²) in [6.45, 7) is 4.36. The van der Waals surface area contributed by atoms with E-state index in [2.05, 4.69) is 40.7 Å². The van der Waals surface area contributed by atoms with Crippen LogP contribution in [-0.4, -0.2) is 9.36 Å².